The molecule has 0 aliphatic rings. The van der Waals surface area contributed by atoms with Crippen LogP contribution in [0.5, 0.6) is 11.5 Å². The van der Waals surface area contributed by atoms with Crippen molar-refractivity contribution in [3.05, 3.63) is 23.8 Å². The van der Waals surface area contributed by atoms with E-state index in [4.69, 9.17) is 9.47 Å². The molecule has 1 N–H and O–H groups in total. The van der Waals surface area contributed by atoms with Gasteiger partial charge >= 0.3 is 12.1 Å². The van der Waals surface area contributed by atoms with E-state index in [9.17, 15) is 22.0 Å². The molecular formula is C13H16F5NO2. The zero-order chi connectivity index (χ0) is 16.3. The van der Waals surface area contributed by atoms with E-state index < -0.39 is 18.1 Å². The summed E-state index contributed by atoms with van der Waals surface area (Å²) in [6.45, 7) is 1.38. The van der Waals surface area contributed by atoms with E-state index in [2.05, 4.69) is 5.32 Å². The molecular weight excluding hydrogens is 297 g/mol. The van der Waals surface area contributed by atoms with Crippen molar-refractivity contribution in [1.29, 1.82) is 0 Å². The standard InChI is InChI=1S/C13H16F5NO2/c1-4-19-11(12(14,15)13(16,17)18)9-6-5-8(20-2)7-10(9)21-3/h5-7,11,19H,4H2,1-3H3. The highest BCUT2D eigenvalue weighted by Gasteiger charge is 2.63. The van der Waals surface area contributed by atoms with Gasteiger partial charge in [-0.05, 0) is 18.7 Å². The molecule has 0 aliphatic carbocycles. The maximum atomic E-state index is 13.7. The first-order chi connectivity index (χ1) is 9.68. The van der Waals surface area contributed by atoms with Gasteiger partial charge in [-0.15, -0.1) is 0 Å². The highest BCUT2D eigenvalue weighted by atomic mass is 19.4. The summed E-state index contributed by atoms with van der Waals surface area (Å²) in [5.74, 6) is -4.75. The van der Waals surface area contributed by atoms with E-state index in [-0.39, 0.29) is 17.9 Å². The van der Waals surface area contributed by atoms with Crippen molar-refractivity contribution >= 4 is 0 Å². The Hall–Kier alpha value is -1.57. The third kappa shape index (κ3) is 3.55. The normalized spacial score (nSPS) is 13.9. The summed E-state index contributed by atoms with van der Waals surface area (Å²) >= 11 is 0. The van der Waals surface area contributed by atoms with Crippen LogP contribution >= 0.6 is 0 Å². The third-order valence-electron chi connectivity index (χ3n) is 2.90. The van der Waals surface area contributed by atoms with Crippen LogP contribution in [0, 0.1) is 0 Å². The van der Waals surface area contributed by atoms with E-state index >= 15 is 0 Å². The summed E-state index contributed by atoms with van der Waals surface area (Å²) in [6, 6.07) is 1.44. The van der Waals surface area contributed by atoms with Crippen LogP contribution in [-0.4, -0.2) is 32.9 Å². The molecule has 0 fully saturated rings. The van der Waals surface area contributed by atoms with Crippen molar-refractivity contribution < 1.29 is 31.4 Å². The van der Waals surface area contributed by atoms with Gasteiger partial charge in [-0.1, -0.05) is 6.92 Å². The van der Waals surface area contributed by atoms with E-state index in [1.165, 1.54) is 33.3 Å². The maximum Gasteiger partial charge on any atom is 0.455 e. The summed E-state index contributed by atoms with van der Waals surface area (Å²) < 4.78 is 75.0. The summed E-state index contributed by atoms with van der Waals surface area (Å²) in [5, 5.41) is 2.17. The van der Waals surface area contributed by atoms with Crippen LogP contribution in [0.15, 0.2) is 18.2 Å². The number of rotatable bonds is 6. The first-order valence-corrected chi connectivity index (χ1v) is 6.08. The molecule has 1 aromatic carbocycles. The minimum Gasteiger partial charge on any atom is -0.497 e. The molecule has 0 saturated carbocycles. The van der Waals surface area contributed by atoms with Crippen LogP contribution in [0.4, 0.5) is 22.0 Å². The number of hydrogen-bond acceptors (Lipinski definition) is 3. The molecule has 1 atom stereocenters. The molecule has 0 spiro atoms. The van der Waals surface area contributed by atoms with Gasteiger partial charge in [0, 0.05) is 11.6 Å². The zero-order valence-electron chi connectivity index (χ0n) is 11.7. The Labute approximate surface area is 119 Å². The monoisotopic (exact) mass is 313 g/mol. The number of nitrogens with one attached hydrogen (secondary N) is 1. The van der Waals surface area contributed by atoms with Crippen LogP contribution < -0.4 is 14.8 Å². The molecule has 0 aliphatic heterocycles. The lowest BCUT2D eigenvalue weighted by atomic mass is 9.98. The number of ether oxygens (including phenoxy) is 2. The van der Waals surface area contributed by atoms with Gasteiger partial charge in [0.05, 0.1) is 14.2 Å². The number of methoxy groups -OCH3 is 2. The highest BCUT2D eigenvalue weighted by Crippen LogP contribution is 2.46. The largest absolute Gasteiger partial charge is 0.497 e. The molecule has 3 nitrogen and oxygen atoms in total. The van der Waals surface area contributed by atoms with Crippen LogP contribution in [0.2, 0.25) is 0 Å². The van der Waals surface area contributed by atoms with E-state index in [1.54, 1.807) is 0 Å². The first-order valence-electron chi connectivity index (χ1n) is 6.08. The maximum absolute atomic E-state index is 13.7. The third-order valence-corrected chi connectivity index (χ3v) is 2.90. The van der Waals surface area contributed by atoms with Crippen molar-refractivity contribution in [2.75, 3.05) is 20.8 Å². The lowest BCUT2D eigenvalue weighted by Crippen LogP contribution is -2.48. The van der Waals surface area contributed by atoms with Crippen molar-refractivity contribution in [3.63, 3.8) is 0 Å². The van der Waals surface area contributed by atoms with Crippen molar-refractivity contribution in [2.45, 2.75) is 25.1 Å². The van der Waals surface area contributed by atoms with Gasteiger partial charge in [0.15, 0.2) is 0 Å². The summed E-state index contributed by atoms with van der Waals surface area (Å²) in [7, 11) is 2.54. The fourth-order valence-corrected chi connectivity index (χ4v) is 1.86. The molecule has 8 heteroatoms. The molecule has 0 radical (unpaired) electrons. The van der Waals surface area contributed by atoms with Crippen LogP contribution in [0.1, 0.15) is 18.5 Å². The Balaban J connectivity index is 3.35. The van der Waals surface area contributed by atoms with E-state index in [0.29, 0.717) is 5.75 Å². The average Bonchev–Trinajstić information content (AvgIpc) is 2.42. The first kappa shape index (κ1) is 17.5. The minimum atomic E-state index is -5.68. The van der Waals surface area contributed by atoms with Gasteiger partial charge in [-0.25, -0.2) is 0 Å². The Kier molecular flexibility index (Phi) is 5.38. The molecule has 0 amide bonds. The van der Waals surface area contributed by atoms with Crippen molar-refractivity contribution in [3.8, 4) is 11.5 Å². The fraction of sp³-hybridized carbons (Fsp3) is 0.538. The number of hydrogen-bond donors (Lipinski definition) is 1. The van der Waals surface area contributed by atoms with Gasteiger partial charge in [0.2, 0.25) is 0 Å². The fourth-order valence-electron chi connectivity index (χ4n) is 1.86. The van der Waals surface area contributed by atoms with Gasteiger partial charge in [-0.3, -0.25) is 0 Å². The molecule has 1 rings (SSSR count). The van der Waals surface area contributed by atoms with Gasteiger partial charge < -0.3 is 14.8 Å². The highest BCUT2D eigenvalue weighted by molar-refractivity contribution is 5.43. The molecule has 0 heterocycles. The summed E-state index contributed by atoms with van der Waals surface area (Å²) in [6.07, 6.45) is -5.68. The van der Waals surface area contributed by atoms with Crippen LogP contribution in [0.3, 0.4) is 0 Å². The topological polar surface area (TPSA) is 30.5 Å². The lowest BCUT2D eigenvalue weighted by molar-refractivity contribution is -0.294. The van der Waals surface area contributed by atoms with Gasteiger partial charge in [0.25, 0.3) is 0 Å². The quantitative estimate of drug-likeness (QED) is 0.815. The van der Waals surface area contributed by atoms with E-state index in [0.717, 1.165) is 6.07 Å². The minimum absolute atomic E-state index is 0.0640. The molecule has 0 aromatic heterocycles. The van der Waals surface area contributed by atoms with Crippen LogP contribution in [0.25, 0.3) is 0 Å². The number of halogens is 5. The lowest BCUT2D eigenvalue weighted by Gasteiger charge is -2.30. The van der Waals surface area contributed by atoms with Crippen LogP contribution in [-0.2, 0) is 0 Å². The number of benzene rings is 1. The summed E-state index contributed by atoms with van der Waals surface area (Å²) in [5.41, 5.74) is -0.289. The predicted molar refractivity (Wildman–Crippen MR) is 67.0 cm³/mol. The molecule has 21 heavy (non-hydrogen) atoms. The van der Waals surface area contributed by atoms with Crippen molar-refractivity contribution in [1.82, 2.24) is 5.32 Å². The Morgan fingerprint density at radius 3 is 2.14 bits per heavy atom. The SMILES string of the molecule is CCNC(c1ccc(OC)cc1OC)C(F)(F)C(F)(F)F. The average molecular weight is 313 g/mol. The second-order valence-corrected chi connectivity index (χ2v) is 4.22. The molecule has 120 valence electrons. The predicted octanol–water partition coefficient (Wildman–Crippen LogP) is 3.55. The van der Waals surface area contributed by atoms with Gasteiger partial charge in [0.1, 0.15) is 17.5 Å². The molecule has 0 bridgehead atoms. The zero-order valence-corrected chi connectivity index (χ0v) is 11.7. The Morgan fingerprint density at radius 1 is 1.10 bits per heavy atom. The summed E-state index contributed by atoms with van der Waals surface area (Å²) in [4.78, 5) is 0. The second kappa shape index (κ2) is 6.46. The Bertz CT molecular complexity index is 476. The van der Waals surface area contributed by atoms with Gasteiger partial charge in [-0.2, -0.15) is 22.0 Å². The smallest absolute Gasteiger partial charge is 0.455 e. The Morgan fingerprint density at radius 2 is 1.71 bits per heavy atom. The number of alkyl halides is 5. The van der Waals surface area contributed by atoms with E-state index in [1.807, 2.05) is 0 Å². The van der Waals surface area contributed by atoms with Crippen molar-refractivity contribution in [2.24, 2.45) is 0 Å². The molecule has 1 unspecified atom stereocenters. The molecule has 0 saturated heterocycles. The second-order valence-electron chi connectivity index (χ2n) is 4.22. The molecule has 1 aromatic rings.